The number of carbonyl (C=O) groups is 1. The molecule has 4 aliphatic heterocycles. The minimum atomic E-state index is -0.418. The Morgan fingerprint density at radius 3 is 2.26 bits per heavy atom. The Balaban J connectivity index is 1.44. The monoisotopic (exact) mass is 679 g/mol. The molecule has 6 bridgehead atoms. The fourth-order valence-electron chi connectivity index (χ4n) is 7.56. The van der Waals surface area contributed by atoms with E-state index in [9.17, 15) is 9.90 Å². The van der Waals surface area contributed by atoms with Gasteiger partial charge in [0.25, 0.3) is 0 Å². The van der Waals surface area contributed by atoms with Crippen LogP contribution in [0.4, 0.5) is 0 Å². The molecule has 0 aromatic heterocycles. The number of benzene rings is 4. The first-order chi connectivity index (χ1) is 24.3. The van der Waals surface area contributed by atoms with Gasteiger partial charge in [-0.15, -0.1) is 0 Å². The number of ether oxygens (including phenoxy) is 5. The van der Waals surface area contributed by atoms with Gasteiger partial charge >= 0.3 is 5.97 Å². The summed E-state index contributed by atoms with van der Waals surface area (Å²) in [6.45, 7) is 1.74. The van der Waals surface area contributed by atoms with Gasteiger partial charge < -0.3 is 34.5 Å². The van der Waals surface area contributed by atoms with E-state index in [1.807, 2.05) is 30.3 Å². The zero-order valence-corrected chi connectivity index (χ0v) is 29.2. The first kappa shape index (κ1) is 33.9. The average molecular weight is 680 g/mol. The Morgan fingerprint density at radius 2 is 1.54 bits per heavy atom. The van der Waals surface area contributed by atoms with Crippen molar-refractivity contribution in [3.63, 3.8) is 0 Å². The standard InChI is InChI=1S/C40H45N3O7/c1-42-15-12-26-21-34(46-3)36-22-30(26)31(42)17-24-5-8-29(9-6-24)48-35-19-25(7-10-33(35)49-37(45)11-14-41)18-32-38-27(13-16-43(32)2)20-28(23-44)39(47-4)40(38)50-36/h5-10,19-22,31-32,44H,11-18,23,41H2,1-4H3. The second kappa shape index (κ2) is 14.3. The SMILES string of the molecule is COc1cc2c3cc1Oc1c(OC)c(CO)cc4c1C(Cc1ccc(OC(=O)CCN)c(c1)Oc1ccc(cc1)CC3N(C)CC2)N(C)CC4. The fourth-order valence-corrected chi connectivity index (χ4v) is 7.56. The van der Waals surface area contributed by atoms with Gasteiger partial charge in [0.05, 0.1) is 27.2 Å². The fraction of sp³-hybridized carbons (Fsp3) is 0.375. The van der Waals surface area contributed by atoms with E-state index in [1.54, 1.807) is 20.3 Å². The third-order valence-corrected chi connectivity index (χ3v) is 10.3. The van der Waals surface area contributed by atoms with E-state index >= 15 is 0 Å². The summed E-state index contributed by atoms with van der Waals surface area (Å²) in [6, 6.07) is 20.1. The highest BCUT2D eigenvalue weighted by atomic mass is 16.6. The largest absolute Gasteiger partial charge is 0.493 e. The maximum Gasteiger partial charge on any atom is 0.312 e. The zero-order chi connectivity index (χ0) is 34.9. The van der Waals surface area contributed by atoms with Crippen molar-refractivity contribution in [2.75, 3.05) is 47.9 Å². The van der Waals surface area contributed by atoms with Crippen molar-refractivity contribution in [3.05, 3.63) is 99.6 Å². The Labute approximate surface area is 293 Å². The molecule has 10 heteroatoms. The number of aliphatic hydroxyl groups is 1. The highest BCUT2D eigenvalue weighted by molar-refractivity contribution is 5.73. The molecule has 4 aliphatic rings. The average Bonchev–Trinajstić information content (AvgIpc) is 3.11. The number of hydrogen-bond acceptors (Lipinski definition) is 10. The molecule has 2 unspecified atom stereocenters. The predicted molar refractivity (Wildman–Crippen MR) is 190 cm³/mol. The summed E-state index contributed by atoms with van der Waals surface area (Å²) in [4.78, 5) is 17.2. The van der Waals surface area contributed by atoms with E-state index in [4.69, 9.17) is 29.4 Å². The molecule has 4 heterocycles. The number of nitrogens with two attached hydrogens (primary N) is 1. The van der Waals surface area contributed by atoms with Crippen molar-refractivity contribution in [2.45, 2.75) is 50.8 Å². The van der Waals surface area contributed by atoms with Gasteiger partial charge in [0.1, 0.15) is 5.75 Å². The van der Waals surface area contributed by atoms with E-state index in [0.29, 0.717) is 52.2 Å². The first-order valence-electron chi connectivity index (χ1n) is 17.2. The van der Waals surface area contributed by atoms with Crippen LogP contribution >= 0.6 is 0 Å². The molecule has 0 fully saturated rings. The van der Waals surface area contributed by atoms with Crippen LogP contribution in [0.5, 0.6) is 40.2 Å². The lowest BCUT2D eigenvalue weighted by Crippen LogP contribution is -2.34. The highest BCUT2D eigenvalue weighted by Crippen LogP contribution is 2.50. The molecule has 0 amide bonds. The van der Waals surface area contributed by atoms with Gasteiger partial charge in [-0.1, -0.05) is 18.2 Å². The van der Waals surface area contributed by atoms with Gasteiger partial charge in [-0.05, 0) is 110 Å². The minimum absolute atomic E-state index is 0.0985. The second-order valence-electron chi connectivity index (χ2n) is 13.4. The third-order valence-electron chi connectivity index (χ3n) is 10.3. The summed E-state index contributed by atoms with van der Waals surface area (Å²) in [5.41, 5.74) is 13.0. The van der Waals surface area contributed by atoms with Crippen molar-refractivity contribution in [1.29, 1.82) is 0 Å². The molecule has 2 atom stereocenters. The molecule has 0 spiro atoms. The van der Waals surface area contributed by atoms with Gasteiger partial charge in [0.2, 0.25) is 0 Å². The topological polar surface area (TPSA) is 116 Å². The van der Waals surface area contributed by atoms with Gasteiger partial charge in [-0.25, -0.2) is 0 Å². The van der Waals surface area contributed by atoms with Crippen molar-refractivity contribution < 1.29 is 33.6 Å². The summed E-state index contributed by atoms with van der Waals surface area (Å²) in [6.07, 6.45) is 3.15. The molecular formula is C40H45N3O7. The lowest BCUT2D eigenvalue weighted by molar-refractivity contribution is -0.134. The van der Waals surface area contributed by atoms with E-state index in [0.717, 1.165) is 54.6 Å². The molecule has 0 saturated heterocycles. The highest BCUT2D eigenvalue weighted by Gasteiger charge is 2.34. The maximum absolute atomic E-state index is 12.5. The molecule has 4 aromatic carbocycles. The number of methoxy groups -OCH3 is 2. The van der Waals surface area contributed by atoms with E-state index in [-0.39, 0.29) is 31.7 Å². The summed E-state index contributed by atoms with van der Waals surface area (Å²) in [7, 11) is 7.55. The number of aliphatic hydroxyl groups excluding tert-OH is 1. The van der Waals surface area contributed by atoms with E-state index in [2.05, 4.69) is 48.2 Å². The van der Waals surface area contributed by atoms with Crippen LogP contribution in [-0.4, -0.2) is 68.8 Å². The van der Waals surface area contributed by atoms with Crippen molar-refractivity contribution in [1.82, 2.24) is 9.80 Å². The van der Waals surface area contributed by atoms with Crippen LogP contribution in [0.15, 0.2) is 60.7 Å². The van der Waals surface area contributed by atoms with Crippen LogP contribution in [0.25, 0.3) is 0 Å². The van der Waals surface area contributed by atoms with Crippen molar-refractivity contribution >= 4 is 5.97 Å². The maximum atomic E-state index is 12.5. The molecule has 3 N–H and O–H groups in total. The van der Waals surface area contributed by atoms with Gasteiger partial charge in [-0.3, -0.25) is 14.6 Å². The summed E-state index contributed by atoms with van der Waals surface area (Å²) >= 11 is 0. The second-order valence-corrected chi connectivity index (χ2v) is 13.4. The minimum Gasteiger partial charge on any atom is -0.493 e. The lowest BCUT2D eigenvalue weighted by Gasteiger charge is -2.37. The van der Waals surface area contributed by atoms with Crippen LogP contribution in [0.2, 0.25) is 0 Å². The number of carbonyl (C=O) groups excluding carboxylic acids is 1. The molecule has 0 aliphatic carbocycles. The Kier molecular flexibility index (Phi) is 9.70. The van der Waals surface area contributed by atoms with Crippen LogP contribution in [0.1, 0.15) is 57.4 Å². The van der Waals surface area contributed by atoms with E-state index < -0.39 is 5.97 Å². The van der Waals surface area contributed by atoms with Gasteiger partial charge in [0, 0.05) is 42.8 Å². The smallest absolute Gasteiger partial charge is 0.312 e. The quantitative estimate of drug-likeness (QED) is 0.189. The lowest BCUT2D eigenvalue weighted by atomic mass is 9.86. The molecule has 0 radical (unpaired) electrons. The Morgan fingerprint density at radius 1 is 0.840 bits per heavy atom. The third kappa shape index (κ3) is 6.52. The van der Waals surface area contributed by atoms with Crippen molar-refractivity contribution in [2.24, 2.45) is 5.73 Å². The van der Waals surface area contributed by atoms with Crippen LogP contribution in [0, 0.1) is 0 Å². The van der Waals surface area contributed by atoms with Crippen LogP contribution < -0.4 is 29.4 Å². The molecular weight excluding hydrogens is 634 g/mol. The Bertz CT molecular complexity index is 1890. The summed E-state index contributed by atoms with van der Waals surface area (Å²) in [5.74, 6) is 3.33. The molecule has 8 rings (SSSR count). The van der Waals surface area contributed by atoms with Gasteiger partial charge in [-0.2, -0.15) is 0 Å². The Hall–Kier alpha value is -4.61. The van der Waals surface area contributed by atoms with Crippen molar-refractivity contribution in [3.8, 4) is 40.2 Å². The predicted octanol–water partition coefficient (Wildman–Crippen LogP) is 5.89. The number of hydrogen-bond donors (Lipinski definition) is 2. The van der Waals surface area contributed by atoms with Crippen LogP contribution in [-0.2, 0) is 37.1 Å². The van der Waals surface area contributed by atoms with E-state index in [1.165, 1.54) is 11.1 Å². The molecule has 262 valence electrons. The number of esters is 1. The molecule has 10 nitrogen and oxygen atoms in total. The summed E-state index contributed by atoms with van der Waals surface area (Å²) in [5, 5.41) is 10.5. The first-order valence-corrected chi connectivity index (χ1v) is 17.2. The number of rotatable bonds is 6. The molecule has 50 heavy (non-hydrogen) atoms. The van der Waals surface area contributed by atoms with Crippen LogP contribution in [0.3, 0.4) is 0 Å². The zero-order valence-electron chi connectivity index (χ0n) is 29.2. The number of nitrogens with zero attached hydrogens (tertiary/aromatic N) is 2. The normalized spacial score (nSPS) is 18.6. The number of likely N-dealkylation sites (N-methyl/N-ethyl adjacent to an activating group) is 2. The summed E-state index contributed by atoms with van der Waals surface area (Å²) < 4.78 is 31.1. The number of fused-ring (bicyclic) bond motifs is 2. The molecule has 0 saturated carbocycles. The van der Waals surface area contributed by atoms with Gasteiger partial charge in [0.15, 0.2) is 34.5 Å². The molecule has 4 aromatic rings.